The molecule has 4 aromatic rings. The number of fused-ring (bicyclic) bond motifs is 2. The monoisotopic (exact) mass is 470 g/mol. The van der Waals surface area contributed by atoms with E-state index in [0.717, 1.165) is 11.0 Å². The fraction of sp³-hybridized carbons (Fsp3) is 0.455. The first kappa shape index (κ1) is 24.1. The average Bonchev–Trinajstić information content (AvgIpc) is 3.47. The molecule has 0 unspecified atom stereocenters. The molecule has 0 radical (unpaired) electrons. The van der Waals surface area contributed by atoms with Crippen molar-refractivity contribution in [2.24, 2.45) is 0 Å². The third-order valence-electron chi connectivity index (χ3n) is 5.82. The van der Waals surface area contributed by atoms with Crippen LogP contribution in [-0.2, 0) is 0 Å². The highest BCUT2D eigenvalue weighted by molar-refractivity contribution is 5.75. The first-order valence-corrected chi connectivity index (χ1v) is 11.2. The van der Waals surface area contributed by atoms with E-state index in [2.05, 4.69) is 20.6 Å². The molecule has 2 aromatic heterocycles. The van der Waals surface area contributed by atoms with Gasteiger partial charge in [-0.1, -0.05) is 34.7 Å². The number of hydrogen-bond acceptors (Lipinski definition) is 10. The first-order valence-electron chi connectivity index (χ1n) is 11.2. The molecule has 4 N–H and O–H groups in total. The van der Waals surface area contributed by atoms with E-state index in [9.17, 15) is 20.4 Å². The van der Waals surface area contributed by atoms with Crippen LogP contribution in [0, 0.1) is 0 Å². The number of para-hydroxylation sites is 2. The summed E-state index contributed by atoms with van der Waals surface area (Å²) < 4.78 is 3.48. The summed E-state index contributed by atoms with van der Waals surface area (Å²) in [7, 11) is 0. The molecule has 2 heterocycles. The van der Waals surface area contributed by atoms with Gasteiger partial charge >= 0.3 is 0 Å². The molecule has 0 aliphatic carbocycles. The Bertz CT molecular complexity index is 1080. The van der Waals surface area contributed by atoms with Gasteiger partial charge in [-0.3, -0.25) is 9.80 Å². The average molecular weight is 471 g/mol. The van der Waals surface area contributed by atoms with Gasteiger partial charge in [-0.15, -0.1) is 10.2 Å². The molecule has 34 heavy (non-hydrogen) atoms. The van der Waals surface area contributed by atoms with E-state index in [4.69, 9.17) is 0 Å². The molecule has 182 valence electrons. The smallest absolute Gasteiger partial charge is 0.143 e. The maximum absolute atomic E-state index is 9.86. The van der Waals surface area contributed by atoms with Gasteiger partial charge in [-0.25, -0.2) is 9.36 Å². The lowest BCUT2D eigenvalue weighted by molar-refractivity contribution is -0.0364. The summed E-state index contributed by atoms with van der Waals surface area (Å²) in [5.41, 5.74) is 2.91. The summed E-state index contributed by atoms with van der Waals surface area (Å²) in [5.74, 6) is 0. The van der Waals surface area contributed by atoms with E-state index >= 15 is 0 Å². The van der Waals surface area contributed by atoms with Gasteiger partial charge in [0.05, 0.1) is 37.5 Å². The Kier molecular flexibility index (Phi) is 8.11. The van der Waals surface area contributed by atoms with Crippen molar-refractivity contribution in [3.63, 3.8) is 0 Å². The van der Waals surface area contributed by atoms with Gasteiger partial charge in [-0.2, -0.15) is 0 Å². The molecule has 0 fully saturated rings. The van der Waals surface area contributed by atoms with Crippen LogP contribution in [0.3, 0.4) is 0 Å². The number of aliphatic hydroxyl groups is 4. The van der Waals surface area contributed by atoms with Crippen LogP contribution in [0.4, 0.5) is 0 Å². The second kappa shape index (κ2) is 11.4. The number of rotatable bonds is 13. The van der Waals surface area contributed by atoms with Crippen molar-refractivity contribution < 1.29 is 20.4 Å². The highest BCUT2D eigenvalue weighted by atomic mass is 16.3. The summed E-state index contributed by atoms with van der Waals surface area (Å²) in [5, 5.41) is 56.9. The van der Waals surface area contributed by atoms with Gasteiger partial charge in [-0.05, 0) is 24.3 Å². The first-order chi connectivity index (χ1) is 16.7. The molecule has 0 amide bonds. The number of hydrogen-bond donors (Lipinski definition) is 4. The second-order valence-corrected chi connectivity index (χ2v) is 7.84. The third kappa shape index (κ3) is 4.78. The Morgan fingerprint density at radius 3 is 1.29 bits per heavy atom. The summed E-state index contributed by atoms with van der Waals surface area (Å²) in [6.07, 6.45) is -1.23. The Morgan fingerprint density at radius 1 is 0.588 bits per heavy atom. The molecular formula is C22H30N8O4. The third-order valence-corrected chi connectivity index (χ3v) is 5.82. The number of aliphatic hydroxyl groups excluding tert-OH is 4. The van der Waals surface area contributed by atoms with Crippen LogP contribution in [0.25, 0.3) is 22.1 Å². The van der Waals surface area contributed by atoms with Gasteiger partial charge in [0.25, 0.3) is 0 Å². The molecule has 0 saturated heterocycles. The van der Waals surface area contributed by atoms with Crippen molar-refractivity contribution >= 4 is 22.1 Å². The van der Waals surface area contributed by atoms with Crippen molar-refractivity contribution in [2.45, 2.75) is 12.3 Å². The zero-order valence-corrected chi connectivity index (χ0v) is 18.8. The highest BCUT2D eigenvalue weighted by Crippen LogP contribution is 2.33. The SMILES string of the molecule is OCCN(CCO)[C@@H]([C@@H](N(CCO)CCO)n1nnc2ccccc21)n1nnc2ccccc21. The summed E-state index contributed by atoms with van der Waals surface area (Å²) >= 11 is 0. The lowest BCUT2D eigenvalue weighted by atomic mass is 10.2. The topological polar surface area (TPSA) is 149 Å². The zero-order chi connectivity index (χ0) is 23.9. The van der Waals surface area contributed by atoms with Gasteiger partial charge < -0.3 is 20.4 Å². The number of benzene rings is 2. The van der Waals surface area contributed by atoms with Gasteiger partial charge in [0, 0.05) is 26.2 Å². The standard InChI is InChI=1S/C22H30N8O4/c31-13-9-27(10-14-32)21(29-19-7-3-1-5-17(19)23-25-29)22(28(11-15-33)12-16-34)30-20-8-4-2-6-18(20)24-26-30/h1-8,21-22,31-34H,9-16H2/t21-,22+. The minimum Gasteiger partial charge on any atom is -0.395 e. The molecule has 0 bridgehead atoms. The minimum atomic E-state index is -0.616. The van der Waals surface area contributed by atoms with Gasteiger partial charge in [0.1, 0.15) is 23.4 Å². The van der Waals surface area contributed by atoms with E-state index in [1.807, 2.05) is 58.3 Å². The normalized spacial score (nSPS) is 13.9. The second-order valence-electron chi connectivity index (χ2n) is 7.84. The zero-order valence-electron chi connectivity index (χ0n) is 18.8. The molecule has 12 heteroatoms. The van der Waals surface area contributed by atoms with Crippen LogP contribution in [-0.4, -0.2) is 113 Å². The van der Waals surface area contributed by atoms with Crippen molar-refractivity contribution in [1.82, 2.24) is 39.8 Å². The fourth-order valence-corrected chi connectivity index (χ4v) is 4.37. The molecule has 0 spiro atoms. The maximum Gasteiger partial charge on any atom is 0.143 e. The van der Waals surface area contributed by atoms with Crippen molar-refractivity contribution in [2.75, 3.05) is 52.6 Å². The van der Waals surface area contributed by atoms with Crippen LogP contribution in [0.2, 0.25) is 0 Å². The lowest BCUT2D eigenvalue weighted by Gasteiger charge is -2.41. The predicted molar refractivity (Wildman–Crippen MR) is 125 cm³/mol. The summed E-state index contributed by atoms with van der Waals surface area (Å²) in [6.45, 7) is 0.399. The van der Waals surface area contributed by atoms with Crippen molar-refractivity contribution in [3.05, 3.63) is 48.5 Å². The Morgan fingerprint density at radius 2 is 0.941 bits per heavy atom. The van der Waals surface area contributed by atoms with Crippen LogP contribution in [0.1, 0.15) is 12.3 Å². The molecule has 2 atom stereocenters. The number of nitrogens with zero attached hydrogens (tertiary/aromatic N) is 8. The predicted octanol–water partition coefficient (Wildman–Crippen LogP) is -0.553. The van der Waals surface area contributed by atoms with E-state index in [1.165, 1.54) is 0 Å². The van der Waals surface area contributed by atoms with Crippen LogP contribution < -0.4 is 0 Å². The van der Waals surface area contributed by atoms with Crippen LogP contribution in [0.15, 0.2) is 48.5 Å². The molecule has 0 saturated carbocycles. The molecule has 2 aromatic carbocycles. The van der Waals surface area contributed by atoms with Crippen LogP contribution in [0.5, 0.6) is 0 Å². The molecule has 0 aliphatic rings. The Balaban J connectivity index is 1.96. The number of aromatic nitrogens is 6. The molecule has 12 nitrogen and oxygen atoms in total. The van der Waals surface area contributed by atoms with Gasteiger partial charge in [0.15, 0.2) is 0 Å². The van der Waals surface area contributed by atoms with E-state index in [1.54, 1.807) is 9.36 Å². The highest BCUT2D eigenvalue weighted by Gasteiger charge is 2.37. The quantitative estimate of drug-likeness (QED) is 0.200. The summed E-state index contributed by atoms with van der Waals surface area (Å²) in [6, 6.07) is 15.1. The van der Waals surface area contributed by atoms with E-state index < -0.39 is 12.3 Å². The van der Waals surface area contributed by atoms with Crippen molar-refractivity contribution in [1.29, 1.82) is 0 Å². The summed E-state index contributed by atoms with van der Waals surface area (Å²) in [4.78, 5) is 3.79. The maximum atomic E-state index is 9.86. The Labute approximate surface area is 196 Å². The van der Waals surface area contributed by atoms with E-state index in [-0.39, 0.29) is 52.6 Å². The van der Waals surface area contributed by atoms with Crippen molar-refractivity contribution in [3.8, 4) is 0 Å². The minimum absolute atomic E-state index is 0.145. The lowest BCUT2D eigenvalue weighted by Crippen LogP contribution is -2.50. The molecule has 4 rings (SSSR count). The molecule has 0 aliphatic heterocycles. The van der Waals surface area contributed by atoms with E-state index in [0.29, 0.717) is 11.0 Å². The fourth-order valence-electron chi connectivity index (χ4n) is 4.37. The largest absolute Gasteiger partial charge is 0.395 e. The Hall–Kier alpha value is -3.00. The van der Waals surface area contributed by atoms with Crippen LogP contribution >= 0.6 is 0 Å². The molecular weight excluding hydrogens is 440 g/mol. The van der Waals surface area contributed by atoms with Gasteiger partial charge in [0.2, 0.25) is 0 Å².